The molecule has 0 radical (unpaired) electrons. The first kappa shape index (κ1) is 19.4. The van der Waals surface area contributed by atoms with Gasteiger partial charge >= 0.3 is 0 Å². The van der Waals surface area contributed by atoms with Crippen LogP contribution in [-0.4, -0.2) is 38.4 Å². The van der Waals surface area contributed by atoms with Crippen LogP contribution in [0.2, 0.25) is 0 Å². The van der Waals surface area contributed by atoms with Crippen LogP contribution in [0.4, 0.5) is 10.1 Å². The Kier molecular flexibility index (Phi) is 5.56. The van der Waals surface area contributed by atoms with E-state index in [0.717, 1.165) is 0 Å². The van der Waals surface area contributed by atoms with Crippen LogP contribution < -0.4 is 10.0 Å². The van der Waals surface area contributed by atoms with Gasteiger partial charge in [-0.05, 0) is 55.3 Å². The summed E-state index contributed by atoms with van der Waals surface area (Å²) in [5.41, 5.74) is 0.908. The molecule has 0 aromatic heterocycles. The summed E-state index contributed by atoms with van der Waals surface area (Å²) in [7, 11) is -3.94. The van der Waals surface area contributed by atoms with E-state index in [0.29, 0.717) is 17.7 Å². The van der Waals surface area contributed by atoms with Crippen molar-refractivity contribution in [2.45, 2.75) is 30.6 Å². The third kappa shape index (κ3) is 4.51. The number of carbonyl (C=O) groups excluding carboxylic acids is 1. The summed E-state index contributed by atoms with van der Waals surface area (Å²) < 4.78 is 45.6. The molecule has 2 atom stereocenters. The third-order valence-corrected chi connectivity index (χ3v) is 5.68. The minimum absolute atomic E-state index is 0.107. The Balaban J connectivity index is 1.77. The molecule has 1 heterocycles. The average molecular weight is 394 g/mol. The maximum atomic E-state index is 13.3. The molecule has 0 unspecified atom stereocenters. The van der Waals surface area contributed by atoms with Gasteiger partial charge in [-0.3, -0.25) is 4.79 Å². The molecule has 1 fully saturated rings. The normalized spacial score (nSPS) is 19.8. The number of carbonyl (C=O) groups is 1. The molecule has 1 amide bonds. The third-order valence-electron chi connectivity index (χ3n) is 4.19. The number of hydrogen-bond acceptors (Lipinski definition) is 5. The second-order valence-corrected chi connectivity index (χ2v) is 7.94. The van der Waals surface area contributed by atoms with E-state index in [9.17, 15) is 22.7 Å². The molecule has 7 nitrogen and oxygen atoms in total. The molecule has 2 aromatic rings. The number of amides is 1. The van der Waals surface area contributed by atoms with Gasteiger partial charge < -0.3 is 15.2 Å². The molecule has 1 saturated heterocycles. The largest absolute Gasteiger partial charge is 0.367 e. The fraction of sp³-hybridized carbons (Fsp3) is 0.278. The fourth-order valence-corrected chi connectivity index (χ4v) is 4.00. The molecule has 144 valence electrons. The summed E-state index contributed by atoms with van der Waals surface area (Å²) in [6.07, 6.45) is -0.849. The van der Waals surface area contributed by atoms with E-state index in [4.69, 9.17) is 4.74 Å². The van der Waals surface area contributed by atoms with E-state index in [1.165, 1.54) is 42.5 Å². The van der Waals surface area contributed by atoms with E-state index in [1.54, 1.807) is 6.92 Å². The van der Waals surface area contributed by atoms with Gasteiger partial charge in [0.05, 0.1) is 17.5 Å². The lowest BCUT2D eigenvalue weighted by Crippen LogP contribution is -2.40. The van der Waals surface area contributed by atoms with Crippen LogP contribution in [0.1, 0.15) is 22.3 Å². The van der Waals surface area contributed by atoms with Crippen molar-refractivity contribution in [1.29, 1.82) is 0 Å². The quantitative estimate of drug-likeness (QED) is 0.717. The van der Waals surface area contributed by atoms with Gasteiger partial charge in [-0.15, -0.1) is 0 Å². The number of hydrogen-bond donors (Lipinski definition) is 3. The summed E-state index contributed by atoms with van der Waals surface area (Å²) in [6.45, 7) is 1.83. The average Bonchev–Trinajstić information content (AvgIpc) is 3.02. The molecule has 3 rings (SSSR count). The Hall–Kier alpha value is -2.33. The van der Waals surface area contributed by atoms with Gasteiger partial charge in [0.15, 0.2) is 6.29 Å². The number of nitrogens with one attached hydrogen (secondary N) is 2. The number of aliphatic hydroxyl groups is 1. The first-order valence-corrected chi connectivity index (χ1v) is 9.74. The number of aryl methyl sites for hydroxylation is 1. The van der Waals surface area contributed by atoms with Crippen molar-refractivity contribution < 1.29 is 27.4 Å². The van der Waals surface area contributed by atoms with Crippen LogP contribution in [0.3, 0.4) is 0 Å². The molecular formula is C18H19FN2O5S. The molecule has 0 spiro atoms. The first-order chi connectivity index (χ1) is 12.8. The lowest BCUT2D eigenvalue weighted by atomic mass is 10.2. The molecule has 1 aliphatic rings. The Morgan fingerprint density at radius 3 is 2.70 bits per heavy atom. The Labute approximate surface area is 156 Å². The second kappa shape index (κ2) is 7.73. The SMILES string of the molecule is Cc1cc(NC(=O)c2cccc(S(=O)(=O)N[C@@H]3CCO[C@H]3O)c2)ccc1F. The molecule has 0 bridgehead atoms. The first-order valence-electron chi connectivity index (χ1n) is 8.26. The number of benzene rings is 2. The lowest BCUT2D eigenvalue weighted by Gasteiger charge is -2.15. The Morgan fingerprint density at radius 2 is 2.04 bits per heavy atom. The molecule has 1 aliphatic heterocycles. The van der Waals surface area contributed by atoms with Crippen LogP contribution in [0.5, 0.6) is 0 Å². The smallest absolute Gasteiger partial charge is 0.255 e. The molecule has 27 heavy (non-hydrogen) atoms. The number of aliphatic hydroxyl groups excluding tert-OH is 1. The second-order valence-electron chi connectivity index (χ2n) is 6.22. The molecular weight excluding hydrogens is 375 g/mol. The highest BCUT2D eigenvalue weighted by Gasteiger charge is 2.31. The zero-order valence-electron chi connectivity index (χ0n) is 14.5. The monoisotopic (exact) mass is 394 g/mol. The van der Waals surface area contributed by atoms with Crippen molar-refractivity contribution in [3.8, 4) is 0 Å². The zero-order chi connectivity index (χ0) is 19.6. The number of rotatable bonds is 5. The maximum Gasteiger partial charge on any atom is 0.255 e. The lowest BCUT2D eigenvalue weighted by molar-refractivity contribution is -0.0686. The zero-order valence-corrected chi connectivity index (χ0v) is 15.3. The summed E-state index contributed by atoms with van der Waals surface area (Å²) in [6, 6.07) is 8.90. The van der Waals surface area contributed by atoms with Crippen LogP contribution in [0, 0.1) is 12.7 Å². The number of ether oxygens (including phenoxy) is 1. The van der Waals surface area contributed by atoms with Gasteiger partial charge in [0.25, 0.3) is 5.91 Å². The molecule has 3 N–H and O–H groups in total. The van der Waals surface area contributed by atoms with Gasteiger partial charge in [-0.1, -0.05) is 6.07 Å². The van der Waals surface area contributed by atoms with Crippen LogP contribution in [-0.2, 0) is 14.8 Å². The van der Waals surface area contributed by atoms with Gasteiger partial charge in [-0.25, -0.2) is 17.5 Å². The van der Waals surface area contributed by atoms with E-state index in [2.05, 4.69) is 10.0 Å². The maximum absolute atomic E-state index is 13.3. The minimum atomic E-state index is -3.94. The molecule has 0 saturated carbocycles. The summed E-state index contributed by atoms with van der Waals surface area (Å²) >= 11 is 0. The van der Waals surface area contributed by atoms with Crippen molar-refractivity contribution in [2.75, 3.05) is 11.9 Å². The van der Waals surface area contributed by atoms with Gasteiger partial charge in [0.1, 0.15) is 5.82 Å². The minimum Gasteiger partial charge on any atom is -0.367 e. The van der Waals surface area contributed by atoms with E-state index in [-0.39, 0.29) is 22.9 Å². The fourth-order valence-electron chi connectivity index (χ4n) is 2.69. The topological polar surface area (TPSA) is 105 Å². The van der Waals surface area contributed by atoms with E-state index in [1.807, 2.05) is 0 Å². The van der Waals surface area contributed by atoms with Crippen LogP contribution >= 0.6 is 0 Å². The summed E-state index contributed by atoms with van der Waals surface area (Å²) in [4.78, 5) is 12.3. The standard InChI is InChI=1S/C18H19FN2O5S/c1-11-9-13(5-6-15(11)19)20-17(22)12-3-2-4-14(10-12)27(24,25)21-16-7-8-26-18(16)23/h2-6,9-10,16,18,21,23H,7-8H2,1H3,(H,20,22)/t16-,18-/m1/s1. The predicted octanol–water partition coefficient (Wildman–Crippen LogP) is 1.77. The Morgan fingerprint density at radius 1 is 1.26 bits per heavy atom. The number of halogens is 1. The van der Waals surface area contributed by atoms with Crippen molar-refractivity contribution in [3.05, 3.63) is 59.4 Å². The van der Waals surface area contributed by atoms with Crippen molar-refractivity contribution in [1.82, 2.24) is 4.72 Å². The van der Waals surface area contributed by atoms with Crippen LogP contribution in [0.25, 0.3) is 0 Å². The van der Waals surface area contributed by atoms with Crippen LogP contribution in [0.15, 0.2) is 47.4 Å². The van der Waals surface area contributed by atoms with E-state index < -0.39 is 28.3 Å². The molecule has 2 aromatic carbocycles. The highest BCUT2D eigenvalue weighted by atomic mass is 32.2. The molecule has 9 heteroatoms. The van der Waals surface area contributed by atoms with Crippen molar-refractivity contribution in [3.63, 3.8) is 0 Å². The van der Waals surface area contributed by atoms with Gasteiger partial charge in [0, 0.05) is 11.3 Å². The van der Waals surface area contributed by atoms with Gasteiger partial charge in [0.2, 0.25) is 10.0 Å². The summed E-state index contributed by atoms with van der Waals surface area (Å²) in [5.74, 6) is -0.910. The van der Waals surface area contributed by atoms with E-state index >= 15 is 0 Å². The number of sulfonamides is 1. The Bertz CT molecular complexity index is 964. The molecule has 0 aliphatic carbocycles. The highest BCUT2D eigenvalue weighted by Crippen LogP contribution is 2.19. The predicted molar refractivity (Wildman–Crippen MR) is 96.2 cm³/mol. The van der Waals surface area contributed by atoms with Crippen molar-refractivity contribution >= 4 is 21.6 Å². The summed E-state index contributed by atoms with van der Waals surface area (Å²) in [5, 5.41) is 12.2. The number of anilines is 1. The van der Waals surface area contributed by atoms with Crippen molar-refractivity contribution in [2.24, 2.45) is 0 Å². The highest BCUT2D eigenvalue weighted by molar-refractivity contribution is 7.89. The van der Waals surface area contributed by atoms with Gasteiger partial charge in [-0.2, -0.15) is 0 Å².